The predicted molar refractivity (Wildman–Crippen MR) is 77.1 cm³/mol. The van der Waals surface area contributed by atoms with Crippen LogP contribution < -0.4 is 9.47 Å². The second-order valence-corrected chi connectivity index (χ2v) is 4.24. The van der Waals surface area contributed by atoms with E-state index in [9.17, 15) is 0 Å². The van der Waals surface area contributed by atoms with Gasteiger partial charge in [-0.3, -0.25) is 5.10 Å². The van der Waals surface area contributed by atoms with Gasteiger partial charge in [0.25, 0.3) is 0 Å². The third-order valence-electron chi connectivity index (χ3n) is 2.97. The van der Waals surface area contributed by atoms with E-state index >= 15 is 0 Å². The molecule has 1 N–H and O–H groups in total. The van der Waals surface area contributed by atoms with Gasteiger partial charge in [-0.05, 0) is 42.5 Å². The first-order valence-corrected chi connectivity index (χ1v) is 6.27. The molecule has 4 nitrogen and oxygen atoms in total. The summed E-state index contributed by atoms with van der Waals surface area (Å²) in [5.74, 6) is 2.35. The SMILES string of the molecule is COc1ccc(Oc2ccccc2-c2ccn[nH]2)cc1. The van der Waals surface area contributed by atoms with Crippen molar-refractivity contribution >= 4 is 0 Å². The van der Waals surface area contributed by atoms with E-state index < -0.39 is 0 Å². The zero-order valence-corrected chi connectivity index (χ0v) is 11.0. The maximum atomic E-state index is 5.93. The number of hydrogen-bond donors (Lipinski definition) is 1. The minimum atomic E-state index is 0.762. The van der Waals surface area contributed by atoms with Gasteiger partial charge in [0, 0.05) is 11.8 Å². The quantitative estimate of drug-likeness (QED) is 0.779. The van der Waals surface area contributed by atoms with Crippen molar-refractivity contribution < 1.29 is 9.47 Å². The van der Waals surface area contributed by atoms with Crippen LogP contribution in [-0.2, 0) is 0 Å². The number of nitrogens with one attached hydrogen (secondary N) is 1. The topological polar surface area (TPSA) is 47.1 Å². The Kier molecular flexibility index (Phi) is 3.37. The molecule has 0 spiro atoms. The number of rotatable bonds is 4. The van der Waals surface area contributed by atoms with Gasteiger partial charge in [-0.1, -0.05) is 12.1 Å². The molecule has 0 aliphatic heterocycles. The minimum absolute atomic E-state index is 0.762. The van der Waals surface area contributed by atoms with Gasteiger partial charge in [0.05, 0.1) is 12.8 Å². The van der Waals surface area contributed by atoms with E-state index in [1.165, 1.54) is 0 Å². The van der Waals surface area contributed by atoms with Crippen molar-refractivity contribution in [3.8, 4) is 28.5 Å². The Morgan fingerprint density at radius 1 is 0.900 bits per heavy atom. The predicted octanol–water partition coefficient (Wildman–Crippen LogP) is 3.88. The number of nitrogens with zero attached hydrogens (tertiary/aromatic N) is 1. The molecular weight excluding hydrogens is 252 g/mol. The van der Waals surface area contributed by atoms with Crippen LogP contribution >= 0.6 is 0 Å². The van der Waals surface area contributed by atoms with Crippen LogP contribution in [0.5, 0.6) is 17.2 Å². The van der Waals surface area contributed by atoms with E-state index in [0.29, 0.717) is 0 Å². The molecular formula is C16H14N2O2. The van der Waals surface area contributed by atoms with Crippen molar-refractivity contribution in [3.63, 3.8) is 0 Å². The first-order valence-electron chi connectivity index (χ1n) is 6.27. The van der Waals surface area contributed by atoms with E-state index in [1.807, 2.05) is 54.6 Å². The fourth-order valence-electron chi connectivity index (χ4n) is 1.95. The molecule has 0 fully saturated rings. The van der Waals surface area contributed by atoms with Gasteiger partial charge >= 0.3 is 0 Å². The van der Waals surface area contributed by atoms with Crippen LogP contribution in [0.25, 0.3) is 11.3 Å². The van der Waals surface area contributed by atoms with E-state index in [4.69, 9.17) is 9.47 Å². The summed E-state index contributed by atoms with van der Waals surface area (Å²) in [5.41, 5.74) is 1.90. The third-order valence-corrected chi connectivity index (χ3v) is 2.97. The third kappa shape index (κ3) is 2.49. The zero-order valence-electron chi connectivity index (χ0n) is 11.0. The monoisotopic (exact) mass is 266 g/mol. The van der Waals surface area contributed by atoms with Gasteiger partial charge in [-0.15, -0.1) is 0 Å². The minimum Gasteiger partial charge on any atom is -0.497 e. The van der Waals surface area contributed by atoms with Gasteiger partial charge in [0.15, 0.2) is 0 Å². The van der Waals surface area contributed by atoms with Gasteiger partial charge in [-0.2, -0.15) is 5.10 Å². The molecule has 20 heavy (non-hydrogen) atoms. The molecule has 3 aromatic rings. The van der Waals surface area contributed by atoms with Crippen molar-refractivity contribution in [2.45, 2.75) is 0 Å². The van der Waals surface area contributed by atoms with Crippen molar-refractivity contribution in [2.24, 2.45) is 0 Å². The van der Waals surface area contributed by atoms with Crippen LogP contribution in [0.3, 0.4) is 0 Å². The lowest BCUT2D eigenvalue weighted by Gasteiger charge is -2.10. The number of methoxy groups -OCH3 is 1. The average Bonchev–Trinajstić information content (AvgIpc) is 3.03. The lowest BCUT2D eigenvalue weighted by Crippen LogP contribution is -1.89. The number of benzene rings is 2. The molecule has 1 heterocycles. The summed E-state index contributed by atoms with van der Waals surface area (Å²) in [4.78, 5) is 0. The molecule has 3 rings (SSSR count). The number of aromatic nitrogens is 2. The lowest BCUT2D eigenvalue weighted by atomic mass is 10.1. The van der Waals surface area contributed by atoms with E-state index in [-0.39, 0.29) is 0 Å². The van der Waals surface area contributed by atoms with Crippen molar-refractivity contribution in [1.82, 2.24) is 10.2 Å². The summed E-state index contributed by atoms with van der Waals surface area (Å²) < 4.78 is 11.1. The standard InChI is InChI=1S/C16H14N2O2/c1-19-12-6-8-13(9-7-12)20-16-5-3-2-4-14(16)15-10-11-17-18-15/h2-11H,1H3,(H,17,18). The molecule has 0 aliphatic rings. The Morgan fingerprint density at radius 3 is 2.35 bits per heavy atom. The van der Waals surface area contributed by atoms with Gasteiger partial charge in [0.1, 0.15) is 17.2 Å². The van der Waals surface area contributed by atoms with Gasteiger partial charge in [0.2, 0.25) is 0 Å². The normalized spacial score (nSPS) is 10.2. The van der Waals surface area contributed by atoms with E-state index in [1.54, 1.807) is 13.3 Å². The van der Waals surface area contributed by atoms with Crippen LogP contribution in [0.2, 0.25) is 0 Å². The molecule has 0 amide bonds. The summed E-state index contributed by atoms with van der Waals surface area (Å²) in [7, 11) is 1.64. The van der Waals surface area contributed by atoms with Crippen LogP contribution in [0.1, 0.15) is 0 Å². The Morgan fingerprint density at radius 2 is 1.65 bits per heavy atom. The zero-order chi connectivity index (χ0) is 13.8. The molecule has 2 aromatic carbocycles. The van der Waals surface area contributed by atoms with E-state index in [2.05, 4.69) is 10.2 Å². The van der Waals surface area contributed by atoms with Gasteiger partial charge < -0.3 is 9.47 Å². The molecule has 100 valence electrons. The molecule has 0 radical (unpaired) electrons. The molecule has 0 saturated heterocycles. The number of ether oxygens (including phenoxy) is 2. The summed E-state index contributed by atoms with van der Waals surface area (Å²) in [5, 5.41) is 6.92. The second-order valence-electron chi connectivity index (χ2n) is 4.24. The Hall–Kier alpha value is -2.75. The van der Waals surface area contributed by atoms with Crippen LogP contribution in [-0.4, -0.2) is 17.3 Å². The summed E-state index contributed by atoms with van der Waals surface area (Å²) in [6.45, 7) is 0. The van der Waals surface area contributed by atoms with Crippen molar-refractivity contribution in [1.29, 1.82) is 0 Å². The number of hydrogen-bond acceptors (Lipinski definition) is 3. The van der Waals surface area contributed by atoms with Gasteiger partial charge in [-0.25, -0.2) is 0 Å². The van der Waals surface area contributed by atoms with Crippen molar-refractivity contribution in [3.05, 3.63) is 60.8 Å². The molecule has 0 unspecified atom stereocenters. The average molecular weight is 266 g/mol. The summed E-state index contributed by atoms with van der Waals surface area (Å²) in [6, 6.07) is 17.2. The fourth-order valence-corrected chi connectivity index (χ4v) is 1.95. The van der Waals surface area contributed by atoms with Crippen LogP contribution in [0.15, 0.2) is 60.8 Å². The highest BCUT2D eigenvalue weighted by atomic mass is 16.5. The lowest BCUT2D eigenvalue weighted by molar-refractivity contribution is 0.413. The maximum absolute atomic E-state index is 5.93. The largest absolute Gasteiger partial charge is 0.497 e. The number of aromatic amines is 1. The molecule has 0 saturated carbocycles. The number of para-hydroxylation sites is 1. The van der Waals surface area contributed by atoms with Crippen LogP contribution in [0, 0.1) is 0 Å². The first kappa shape index (κ1) is 12.3. The maximum Gasteiger partial charge on any atom is 0.136 e. The highest BCUT2D eigenvalue weighted by molar-refractivity contribution is 5.67. The van der Waals surface area contributed by atoms with Crippen LogP contribution in [0.4, 0.5) is 0 Å². The molecule has 4 heteroatoms. The smallest absolute Gasteiger partial charge is 0.136 e. The molecule has 0 bridgehead atoms. The fraction of sp³-hybridized carbons (Fsp3) is 0.0625. The molecule has 0 aliphatic carbocycles. The van der Waals surface area contributed by atoms with E-state index in [0.717, 1.165) is 28.5 Å². The Bertz CT molecular complexity index is 676. The Balaban J connectivity index is 1.90. The first-order chi connectivity index (χ1) is 9.86. The summed E-state index contributed by atoms with van der Waals surface area (Å²) >= 11 is 0. The second kappa shape index (κ2) is 5.48. The molecule has 1 aromatic heterocycles. The summed E-state index contributed by atoms with van der Waals surface area (Å²) in [6.07, 6.45) is 1.72. The van der Waals surface area contributed by atoms with Crippen molar-refractivity contribution in [2.75, 3.05) is 7.11 Å². The Labute approximate surface area is 117 Å². The highest BCUT2D eigenvalue weighted by Gasteiger charge is 2.07. The molecule has 0 atom stereocenters. The number of H-pyrrole nitrogens is 1. The highest BCUT2D eigenvalue weighted by Crippen LogP contribution is 2.32.